The predicted molar refractivity (Wildman–Crippen MR) is 237 cm³/mol. The fraction of sp³-hybridized carbons (Fsp3) is 0. The lowest BCUT2D eigenvalue weighted by atomic mass is 9.94. The molecule has 1 aromatic heterocycles. The molecule has 262 valence electrons. The van der Waals surface area contributed by atoms with Crippen molar-refractivity contribution in [2.24, 2.45) is 0 Å². The van der Waals surface area contributed by atoms with Crippen molar-refractivity contribution >= 4 is 71.3 Å². The number of benzene rings is 10. The highest BCUT2D eigenvalue weighted by atomic mass is 16.3. The normalized spacial score (nSPS) is 11.6. The molecule has 56 heavy (non-hydrogen) atoms. The molecule has 0 aliphatic carbocycles. The minimum atomic E-state index is 0.921. The second-order valence-electron chi connectivity index (χ2n) is 14.5. The summed E-state index contributed by atoms with van der Waals surface area (Å²) >= 11 is 0. The Morgan fingerprint density at radius 3 is 1.57 bits per heavy atom. The first-order chi connectivity index (χ1) is 27.8. The fourth-order valence-corrected chi connectivity index (χ4v) is 8.51. The van der Waals surface area contributed by atoms with Crippen LogP contribution in [0.25, 0.3) is 87.6 Å². The summed E-state index contributed by atoms with van der Waals surface area (Å²) in [6, 6.07) is 76.3. The van der Waals surface area contributed by atoms with Crippen LogP contribution in [0, 0.1) is 0 Å². The molecular formula is C54H35NO. The van der Waals surface area contributed by atoms with Crippen LogP contribution in [0.15, 0.2) is 217 Å². The van der Waals surface area contributed by atoms with E-state index in [0.29, 0.717) is 0 Å². The SMILES string of the molecule is c1ccc(-c2cccc3c2oc2c4ccccc4c(-c4ccc(N(c5ccccc5)c5ccc(-c6ccc7c(ccc8ccccc87)c6)cc5)cc4)cc32)cc1. The molecule has 2 heteroatoms. The Bertz CT molecular complexity index is 3220. The summed E-state index contributed by atoms with van der Waals surface area (Å²) < 4.78 is 6.75. The molecule has 0 atom stereocenters. The molecule has 0 aliphatic heterocycles. The van der Waals surface area contributed by atoms with Crippen molar-refractivity contribution in [2.75, 3.05) is 4.90 Å². The topological polar surface area (TPSA) is 16.4 Å². The maximum atomic E-state index is 6.75. The summed E-state index contributed by atoms with van der Waals surface area (Å²) in [5, 5.41) is 9.63. The molecule has 2 nitrogen and oxygen atoms in total. The highest BCUT2D eigenvalue weighted by molar-refractivity contribution is 6.20. The van der Waals surface area contributed by atoms with Crippen LogP contribution in [0.4, 0.5) is 17.1 Å². The van der Waals surface area contributed by atoms with E-state index in [1.165, 1.54) is 43.6 Å². The Morgan fingerprint density at radius 2 is 0.804 bits per heavy atom. The summed E-state index contributed by atoms with van der Waals surface area (Å²) in [5.74, 6) is 0. The first-order valence-corrected chi connectivity index (χ1v) is 19.2. The average molecular weight is 714 g/mol. The van der Waals surface area contributed by atoms with Gasteiger partial charge in [0.15, 0.2) is 0 Å². The molecule has 0 unspecified atom stereocenters. The molecule has 0 saturated carbocycles. The maximum Gasteiger partial charge on any atom is 0.143 e. The van der Waals surface area contributed by atoms with Gasteiger partial charge in [0.25, 0.3) is 0 Å². The highest BCUT2D eigenvalue weighted by Crippen LogP contribution is 2.43. The second kappa shape index (κ2) is 13.2. The Morgan fingerprint density at radius 1 is 0.268 bits per heavy atom. The summed E-state index contributed by atoms with van der Waals surface area (Å²) in [4.78, 5) is 2.33. The van der Waals surface area contributed by atoms with E-state index in [4.69, 9.17) is 4.42 Å². The van der Waals surface area contributed by atoms with Crippen LogP contribution in [-0.2, 0) is 0 Å². The number of para-hydroxylation sites is 2. The van der Waals surface area contributed by atoms with Crippen molar-refractivity contribution in [3.63, 3.8) is 0 Å². The van der Waals surface area contributed by atoms with E-state index < -0.39 is 0 Å². The van der Waals surface area contributed by atoms with Crippen LogP contribution in [0.2, 0.25) is 0 Å². The lowest BCUT2D eigenvalue weighted by Gasteiger charge is -2.26. The monoisotopic (exact) mass is 713 g/mol. The number of hydrogen-bond acceptors (Lipinski definition) is 2. The molecule has 0 fully saturated rings. The number of hydrogen-bond donors (Lipinski definition) is 0. The number of fused-ring (bicyclic) bond motifs is 8. The molecule has 0 radical (unpaired) electrons. The Labute approximate surface area is 325 Å². The van der Waals surface area contributed by atoms with Crippen molar-refractivity contribution < 1.29 is 4.42 Å². The minimum Gasteiger partial charge on any atom is -0.455 e. The van der Waals surface area contributed by atoms with Gasteiger partial charge in [0.05, 0.1) is 0 Å². The summed E-state index contributed by atoms with van der Waals surface area (Å²) in [7, 11) is 0. The first kappa shape index (κ1) is 32.0. The van der Waals surface area contributed by atoms with Gasteiger partial charge in [-0.2, -0.15) is 0 Å². The van der Waals surface area contributed by atoms with E-state index in [-0.39, 0.29) is 0 Å². The van der Waals surface area contributed by atoms with E-state index in [2.05, 4.69) is 217 Å². The van der Waals surface area contributed by atoms with Crippen molar-refractivity contribution in [2.45, 2.75) is 0 Å². The van der Waals surface area contributed by atoms with E-state index in [0.717, 1.165) is 61.1 Å². The molecule has 0 aliphatic rings. The number of nitrogens with zero attached hydrogens (tertiary/aromatic N) is 1. The highest BCUT2D eigenvalue weighted by Gasteiger charge is 2.18. The second-order valence-corrected chi connectivity index (χ2v) is 14.5. The van der Waals surface area contributed by atoms with E-state index in [1.807, 2.05) is 0 Å². The van der Waals surface area contributed by atoms with Gasteiger partial charge in [0.2, 0.25) is 0 Å². The molecule has 1 heterocycles. The van der Waals surface area contributed by atoms with Crippen LogP contribution in [-0.4, -0.2) is 0 Å². The van der Waals surface area contributed by atoms with Gasteiger partial charge in [0.1, 0.15) is 11.2 Å². The van der Waals surface area contributed by atoms with E-state index in [1.54, 1.807) is 0 Å². The third kappa shape index (κ3) is 5.34. The molecule has 11 rings (SSSR count). The van der Waals surface area contributed by atoms with Gasteiger partial charge in [-0.15, -0.1) is 0 Å². The molecule has 0 bridgehead atoms. The van der Waals surface area contributed by atoms with Crippen LogP contribution in [0.1, 0.15) is 0 Å². The van der Waals surface area contributed by atoms with Gasteiger partial charge in [0, 0.05) is 38.8 Å². The average Bonchev–Trinajstić information content (AvgIpc) is 3.66. The van der Waals surface area contributed by atoms with E-state index >= 15 is 0 Å². The number of rotatable bonds is 6. The molecule has 0 spiro atoms. The van der Waals surface area contributed by atoms with Crippen LogP contribution < -0.4 is 4.90 Å². The van der Waals surface area contributed by atoms with Crippen LogP contribution in [0.3, 0.4) is 0 Å². The van der Waals surface area contributed by atoms with Crippen molar-refractivity contribution in [1.82, 2.24) is 0 Å². The van der Waals surface area contributed by atoms with Gasteiger partial charge in [-0.25, -0.2) is 0 Å². The lowest BCUT2D eigenvalue weighted by Crippen LogP contribution is -2.09. The Balaban J connectivity index is 0.980. The van der Waals surface area contributed by atoms with Crippen LogP contribution >= 0.6 is 0 Å². The van der Waals surface area contributed by atoms with Crippen molar-refractivity contribution in [3.05, 3.63) is 212 Å². The third-order valence-electron chi connectivity index (χ3n) is 11.2. The van der Waals surface area contributed by atoms with Gasteiger partial charge < -0.3 is 9.32 Å². The zero-order chi connectivity index (χ0) is 37.0. The fourth-order valence-electron chi connectivity index (χ4n) is 8.51. The standard InChI is InChI=1S/C54H35NO/c1-3-12-37(13-4-1)47-20-11-21-50-52-35-51(48-18-9-10-19-49(48)54(52)56-53(47)50)39-26-31-44(32-27-39)55(42-15-5-2-6-16-42)43-29-24-36(25-30-43)40-28-33-46-41(34-40)23-22-38-14-7-8-17-45(38)46/h1-35H. The van der Waals surface area contributed by atoms with E-state index in [9.17, 15) is 0 Å². The maximum absolute atomic E-state index is 6.75. The minimum absolute atomic E-state index is 0.921. The molecule has 0 N–H and O–H groups in total. The van der Waals surface area contributed by atoms with Gasteiger partial charge in [-0.05, 0) is 103 Å². The van der Waals surface area contributed by atoms with Gasteiger partial charge in [-0.3, -0.25) is 0 Å². The summed E-state index contributed by atoms with van der Waals surface area (Å²) in [6.07, 6.45) is 0. The summed E-state index contributed by atoms with van der Waals surface area (Å²) in [6.45, 7) is 0. The number of anilines is 3. The first-order valence-electron chi connectivity index (χ1n) is 19.2. The smallest absolute Gasteiger partial charge is 0.143 e. The molecule has 0 saturated heterocycles. The summed E-state index contributed by atoms with van der Waals surface area (Å²) in [5.41, 5.74) is 12.2. The lowest BCUT2D eigenvalue weighted by molar-refractivity contribution is 0.674. The third-order valence-corrected chi connectivity index (χ3v) is 11.2. The van der Waals surface area contributed by atoms with Crippen molar-refractivity contribution in [1.29, 1.82) is 0 Å². The zero-order valence-electron chi connectivity index (χ0n) is 30.6. The Hall–Kier alpha value is -7.42. The largest absolute Gasteiger partial charge is 0.455 e. The zero-order valence-corrected chi connectivity index (χ0v) is 30.6. The van der Waals surface area contributed by atoms with Crippen molar-refractivity contribution in [3.8, 4) is 33.4 Å². The quantitative estimate of drug-likeness (QED) is 0.160. The van der Waals surface area contributed by atoms with Gasteiger partial charge in [-0.1, -0.05) is 164 Å². The number of furan rings is 1. The van der Waals surface area contributed by atoms with Gasteiger partial charge >= 0.3 is 0 Å². The molecule has 10 aromatic carbocycles. The molecule has 0 amide bonds. The molecule has 11 aromatic rings. The molecular weight excluding hydrogens is 679 g/mol. The predicted octanol–water partition coefficient (Wildman–Crippen LogP) is 15.5. The van der Waals surface area contributed by atoms with Crippen LogP contribution in [0.5, 0.6) is 0 Å². The Kier molecular flexibility index (Phi) is 7.53.